The van der Waals surface area contributed by atoms with Gasteiger partial charge in [0.1, 0.15) is 6.54 Å². The van der Waals surface area contributed by atoms with Gasteiger partial charge < -0.3 is 10.0 Å². The summed E-state index contributed by atoms with van der Waals surface area (Å²) in [5, 5.41) is 12.6. The number of carboxylic acid groups (broad SMARTS) is 1. The third kappa shape index (κ3) is 3.79. The smallest absolute Gasteiger partial charge is 0.323 e. The number of carboxylic acids is 1. The maximum absolute atomic E-state index is 11.7. The lowest BCUT2D eigenvalue weighted by Gasteiger charge is -2.15. The summed E-state index contributed by atoms with van der Waals surface area (Å²) in [6, 6.07) is 1.73. The minimum atomic E-state index is -1.10. The van der Waals surface area contributed by atoms with Crippen molar-refractivity contribution in [2.24, 2.45) is 7.05 Å². The largest absolute Gasteiger partial charge is 0.480 e. The number of carbonyl (C=O) groups excluding carboxylic acids is 1. The molecule has 6 nitrogen and oxygen atoms in total. The molecule has 0 saturated carbocycles. The van der Waals surface area contributed by atoms with Crippen LogP contribution in [0.15, 0.2) is 18.3 Å². The minimum Gasteiger partial charge on any atom is -0.480 e. The van der Waals surface area contributed by atoms with Crippen molar-refractivity contribution < 1.29 is 14.7 Å². The lowest BCUT2D eigenvalue weighted by atomic mass is 10.3. The van der Waals surface area contributed by atoms with Gasteiger partial charge in [-0.2, -0.15) is 5.10 Å². The third-order valence-electron chi connectivity index (χ3n) is 2.18. The van der Waals surface area contributed by atoms with E-state index in [0.29, 0.717) is 0 Å². The summed E-state index contributed by atoms with van der Waals surface area (Å²) in [4.78, 5) is 23.4. The average Bonchev–Trinajstić information content (AvgIpc) is 2.70. The van der Waals surface area contributed by atoms with Crippen LogP contribution >= 0.6 is 0 Å². The number of hydrogen-bond acceptors (Lipinski definition) is 3. The van der Waals surface area contributed by atoms with Gasteiger partial charge in [-0.25, -0.2) is 0 Å². The topological polar surface area (TPSA) is 75.4 Å². The molecule has 0 fully saturated rings. The Hall–Kier alpha value is -2.55. The molecule has 6 heteroatoms. The number of aliphatic carboxylic acids is 1. The Morgan fingerprint density at radius 3 is 2.89 bits per heavy atom. The van der Waals surface area contributed by atoms with Crippen molar-refractivity contribution in [3.63, 3.8) is 0 Å². The number of terminal acetylenes is 1. The van der Waals surface area contributed by atoms with Gasteiger partial charge in [-0.1, -0.05) is 5.92 Å². The SMILES string of the molecule is C#CCN(CC(=O)O)C(=O)C=Cc1ccnn1C. The molecule has 1 aromatic heterocycles. The van der Waals surface area contributed by atoms with Gasteiger partial charge in [0.25, 0.3) is 0 Å². The second kappa shape index (κ2) is 6.25. The molecular formula is C12H13N3O3. The lowest BCUT2D eigenvalue weighted by molar-refractivity contribution is -0.142. The molecule has 1 rings (SSSR count). The number of amides is 1. The first kappa shape index (κ1) is 13.5. The molecule has 0 saturated heterocycles. The summed E-state index contributed by atoms with van der Waals surface area (Å²) in [5.74, 6) is 0.697. The highest BCUT2D eigenvalue weighted by Crippen LogP contribution is 2.00. The maximum atomic E-state index is 11.7. The van der Waals surface area contributed by atoms with Crippen LogP contribution in [0.3, 0.4) is 0 Å². The van der Waals surface area contributed by atoms with Crippen LogP contribution < -0.4 is 0 Å². The molecule has 0 unspecified atom stereocenters. The summed E-state index contributed by atoms with van der Waals surface area (Å²) >= 11 is 0. The van der Waals surface area contributed by atoms with E-state index in [1.54, 1.807) is 30.1 Å². The van der Waals surface area contributed by atoms with Crippen LogP contribution in [0.1, 0.15) is 5.69 Å². The van der Waals surface area contributed by atoms with Crippen LogP contribution in [0.5, 0.6) is 0 Å². The van der Waals surface area contributed by atoms with Crippen molar-refractivity contribution in [3.05, 3.63) is 24.0 Å². The second-order valence-corrected chi connectivity index (χ2v) is 3.51. The van der Waals surface area contributed by atoms with Crippen molar-refractivity contribution in [1.29, 1.82) is 0 Å². The van der Waals surface area contributed by atoms with Gasteiger partial charge >= 0.3 is 5.97 Å². The predicted octanol–water partition coefficient (Wildman–Crippen LogP) is -0.0203. The van der Waals surface area contributed by atoms with E-state index in [1.165, 1.54) is 6.08 Å². The Labute approximate surface area is 105 Å². The molecule has 0 aromatic carbocycles. The molecule has 1 heterocycles. The highest BCUT2D eigenvalue weighted by atomic mass is 16.4. The predicted molar refractivity (Wildman–Crippen MR) is 65.3 cm³/mol. The molecule has 0 radical (unpaired) electrons. The van der Waals surface area contributed by atoms with Crippen LogP contribution in [0, 0.1) is 12.3 Å². The van der Waals surface area contributed by atoms with E-state index in [9.17, 15) is 9.59 Å². The molecule has 0 aliphatic heterocycles. The average molecular weight is 247 g/mol. The van der Waals surface area contributed by atoms with Crippen molar-refractivity contribution in [2.75, 3.05) is 13.1 Å². The normalized spacial score (nSPS) is 10.2. The summed E-state index contributed by atoms with van der Waals surface area (Å²) in [6.07, 6.45) is 9.51. The van der Waals surface area contributed by atoms with Gasteiger partial charge in [0.05, 0.1) is 12.2 Å². The van der Waals surface area contributed by atoms with Crippen LogP contribution in [-0.2, 0) is 16.6 Å². The van der Waals surface area contributed by atoms with Crippen molar-refractivity contribution in [1.82, 2.24) is 14.7 Å². The molecule has 0 aliphatic carbocycles. The molecule has 1 aromatic rings. The number of aromatic nitrogens is 2. The zero-order valence-corrected chi connectivity index (χ0v) is 9.91. The molecule has 0 spiro atoms. The van der Waals surface area contributed by atoms with E-state index < -0.39 is 18.4 Å². The van der Waals surface area contributed by atoms with Gasteiger partial charge in [0, 0.05) is 19.3 Å². The van der Waals surface area contributed by atoms with Gasteiger partial charge in [0.2, 0.25) is 5.91 Å². The Morgan fingerprint density at radius 1 is 1.67 bits per heavy atom. The maximum Gasteiger partial charge on any atom is 0.323 e. The first-order chi connectivity index (χ1) is 8.54. The molecule has 1 N–H and O–H groups in total. The van der Waals surface area contributed by atoms with Crippen molar-refractivity contribution >= 4 is 18.0 Å². The van der Waals surface area contributed by atoms with Crippen molar-refractivity contribution in [2.45, 2.75) is 0 Å². The van der Waals surface area contributed by atoms with Crippen LogP contribution in [0.4, 0.5) is 0 Å². The molecule has 18 heavy (non-hydrogen) atoms. The molecule has 0 aliphatic rings. The third-order valence-corrected chi connectivity index (χ3v) is 2.18. The summed E-state index contributed by atoms with van der Waals surface area (Å²) in [5.41, 5.74) is 0.735. The van der Waals surface area contributed by atoms with Gasteiger partial charge in [-0.05, 0) is 12.1 Å². The number of aryl methyl sites for hydroxylation is 1. The van der Waals surface area contributed by atoms with Gasteiger partial charge in [-0.15, -0.1) is 6.42 Å². The van der Waals surface area contributed by atoms with Gasteiger partial charge in [-0.3, -0.25) is 14.3 Å². The Bertz CT molecular complexity index is 511. The van der Waals surface area contributed by atoms with Crippen molar-refractivity contribution in [3.8, 4) is 12.3 Å². The highest BCUT2D eigenvalue weighted by Gasteiger charge is 2.12. The first-order valence-corrected chi connectivity index (χ1v) is 5.15. The Morgan fingerprint density at radius 2 is 2.39 bits per heavy atom. The number of nitrogens with zero attached hydrogens (tertiary/aromatic N) is 3. The molecule has 94 valence electrons. The zero-order valence-electron chi connectivity index (χ0n) is 9.91. The fourth-order valence-corrected chi connectivity index (χ4v) is 1.29. The zero-order chi connectivity index (χ0) is 13.5. The highest BCUT2D eigenvalue weighted by molar-refractivity contribution is 5.93. The second-order valence-electron chi connectivity index (χ2n) is 3.51. The summed E-state index contributed by atoms with van der Waals surface area (Å²) < 4.78 is 1.59. The fourth-order valence-electron chi connectivity index (χ4n) is 1.29. The fraction of sp³-hybridized carbons (Fsp3) is 0.250. The molecule has 0 bridgehead atoms. The number of rotatable bonds is 5. The van der Waals surface area contributed by atoms with E-state index in [4.69, 9.17) is 11.5 Å². The Kier molecular flexibility index (Phi) is 4.69. The quantitative estimate of drug-likeness (QED) is 0.586. The Balaban J connectivity index is 2.73. The molecular weight excluding hydrogens is 234 g/mol. The summed E-state index contributed by atoms with van der Waals surface area (Å²) in [7, 11) is 1.74. The molecule has 1 amide bonds. The van der Waals surface area contributed by atoms with Crippen LogP contribution in [-0.4, -0.2) is 44.8 Å². The van der Waals surface area contributed by atoms with Crippen LogP contribution in [0.25, 0.3) is 6.08 Å². The van der Waals surface area contributed by atoms with E-state index in [-0.39, 0.29) is 6.54 Å². The van der Waals surface area contributed by atoms with Gasteiger partial charge in [0.15, 0.2) is 0 Å². The number of hydrogen-bond donors (Lipinski definition) is 1. The molecule has 0 atom stereocenters. The van der Waals surface area contributed by atoms with E-state index in [1.807, 2.05) is 0 Å². The first-order valence-electron chi connectivity index (χ1n) is 5.15. The van der Waals surface area contributed by atoms with Crippen LogP contribution in [0.2, 0.25) is 0 Å². The minimum absolute atomic E-state index is 0.0408. The van der Waals surface area contributed by atoms with E-state index >= 15 is 0 Å². The number of carbonyl (C=O) groups is 2. The van der Waals surface area contributed by atoms with E-state index in [0.717, 1.165) is 10.6 Å². The monoisotopic (exact) mass is 247 g/mol. The summed E-state index contributed by atoms with van der Waals surface area (Å²) in [6.45, 7) is -0.459. The standard InChI is InChI=1S/C12H13N3O3/c1-3-8-15(9-12(17)18)11(16)5-4-10-6-7-13-14(10)2/h1,4-7H,8-9H2,2H3,(H,17,18). The van der Waals surface area contributed by atoms with E-state index in [2.05, 4.69) is 11.0 Å². The lowest BCUT2D eigenvalue weighted by Crippen LogP contribution is -2.34.